The van der Waals surface area contributed by atoms with Gasteiger partial charge < -0.3 is 0 Å². The Kier molecular flexibility index (Phi) is 9.79. The number of aryl methyl sites for hydroxylation is 1. The van der Waals surface area contributed by atoms with E-state index in [9.17, 15) is 0 Å². The van der Waals surface area contributed by atoms with E-state index < -0.39 is 0 Å². The van der Waals surface area contributed by atoms with E-state index in [1.807, 2.05) is 6.92 Å². The number of hydrogen-bond acceptors (Lipinski definition) is 1. The topological polar surface area (TPSA) is 12.9 Å². The Morgan fingerprint density at radius 1 is 0.727 bits per heavy atom. The zero-order chi connectivity index (χ0) is 16.4. The molecule has 0 saturated heterocycles. The number of halogens is 1. The SMILES string of the molecule is CCCCCCCCCCCCc1c(Cl)nc(C)c(C)c1C. The van der Waals surface area contributed by atoms with Gasteiger partial charge in [0.15, 0.2) is 0 Å². The van der Waals surface area contributed by atoms with Crippen molar-refractivity contribution in [2.45, 2.75) is 98.3 Å². The Morgan fingerprint density at radius 2 is 1.23 bits per heavy atom. The van der Waals surface area contributed by atoms with Crippen molar-refractivity contribution < 1.29 is 0 Å². The fraction of sp³-hybridized carbons (Fsp3) is 0.750. The minimum absolute atomic E-state index is 0.719. The molecule has 1 nitrogen and oxygen atoms in total. The molecular weight excluding hydrogens is 290 g/mol. The fourth-order valence-corrected chi connectivity index (χ4v) is 3.39. The molecule has 0 amide bonds. The van der Waals surface area contributed by atoms with Crippen LogP contribution in [0.15, 0.2) is 0 Å². The van der Waals surface area contributed by atoms with Crippen molar-refractivity contribution in [1.29, 1.82) is 0 Å². The van der Waals surface area contributed by atoms with E-state index in [-0.39, 0.29) is 0 Å². The quantitative estimate of drug-likeness (QED) is 0.312. The minimum atomic E-state index is 0.719. The molecule has 0 saturated carbocycles. The third-order valence-corrected chi connectivity index (χ3v) is 5.17. The molecule has 0 bridgehead atoms. The van der Waals surface area contributed by atoms with Gasteiger partial charge in [-0.2, -0.15) is 0 Å². The minimum Gasteiger partial charge on any atom is -0.241 e. The van der Waals surface area contributed by atoms with E-state index in [4.69, 9.17) is 11.6 Å². The first kappa shape index (κ1) is 19.5. The molecule has 1 aromatic rings. The van der Waals surface area contributed by atoms with Crippen molar-refractivity contribution in [1.82, 2.24) is 4.98 Å². The maximum Gasteiger partial charge on any atom is 0.132 e. The molecule has 0 aromatic carbocycles. The molecule has 126 valence electrons. The monoisotopic (exact) mass is 323 g/mol. The van der Waals surface area contributed by atoms with Crippen molar-refractivity contribution in [2.75, 3.05) is 0 Å². The first-order chi connectivity index (χ1) is 10.6. The molecule has 0 unspecified atom stereocenters. The van der Waals surface area contributed by atoms with Gasteiger partial charge in [-0.25, -0.2) is 4.98 Å². The van der Waals surface area contributed by atoms with Crippen molar-refractivity contribution in [2.24, 2.45) is 0 Å². The Hall–Kier alpha value is -0.560. The van der Waals surface area contributed by atoms with Crippen LogP contribution in [0.4, 0.5) is 0 Å². The second-order valence-corrected chi connectivity index (χ2v) is 7.01. The van der Waals surface area contributed by atoms with Gasteiger partial charge >= 0.3 is 0 Å². The van der Waals surface area contributed by atoms with E-state index >= 15 is 0 Å². The second kappa shape index (κ2) is 11.0. The molecule has 1 heterocycles. The molecule has 0 spiro atoms. The maximum absolute atomic E-state index is 6.32. The molecule has 0 aliphatic rings. The van der Waals surface area contributed by atoms with Crippen LogP contribution in [0.1, 0.15) is 93.5 Å². The third kappa shape index (κ3) is 6.69. The summed E-state index contributed by atoms with van der Waals surface area (Å²) in [5, 5.41) is 0.719. The first-order valence-electron chi connectivity index (χ1n) is 9.20. The molecule has 1 rings (SSSR count). The fourth-order valence-electron chi connectivity index (χ4n) is 3.03. The molecule has 0 aliphatic carbocycles. The standard InChI is InChI=1S/C20H34ClN/c1-5-6-7-8-9-10-11-12-13-14-15-19-17(3)16(2)18(4)22-20(19)21/h5-15H2,1-4H3. The van der Waals surface area contributed by atoms with Gasteiger partial charge in [-0.15, -0.1) is 0 Å². The molecular formula is C20H34ClN. The van der Waals surface area contributed by atoms with E-state index in [0.29, 0.717) is 0 Å². The second-order valence-electron chi connectivity index (χ2n) is 6.65. The number of rotatable bonds is 11. The van der Waals surface area contributed by atoms with Crippen LogP contribution >= 0.6 is 11.6 Å². The lowest BCUT2D eigenvalue weighted by Gasteiger charge is -2.12. The molecule has 0 aliphatic heterocycles. The van der Waals surface area contributed by atoms with Crippen molar-refractivity contribution in [3.05, 3.63) is 27.5 Å². The average Bonchev–Trinajstić information content (AvgIpc) is 2.50. The summed E-state index contributed by atoms with van der Waals surface area (Å²) in [6.07, 6.45) is 14.8. The lowest BCUT2D eigenvalue weighted by Crippen LogP contribution is -2.00. The van der Waals surface area contributed by atoms with Gasteiger partial charge in [0.25, 0.3) is 0 Å². The lowest BCUT2D eigenvalue weighted by atomic mass is 9.99. The summed E-state index contributed by atoms with van der Waals surface area (Å²) in [5.41, 5.74) is 4.97. The molecule has 0 fully saturated rings. The Labute approximate surface area is 142 Å². The zero-order valence-electron chi connectivity index (χ0n) is 15.1. The summed E-state index contributed by atoms with van der Waals surface area (Å²) in [6, 6.07) is 0. The van der Waals surface area contributed by atoms with Crippen molar-refractivity contribution >= 4 is 11.6 Å². The predicted octanol–water partition coefficient (Wildman–Crippen LogP) is 7.12. The van der Waals surface area contributed by atoms with Gasteiger partial charge in [-0.3, -0.25) is 0 Å². The van der Waals surface area contributed by atoms with Crippen LogP contribution in [0.5, 0.6) is 0 Å². The number of hydrogen-bond donors (Lipinski definition) is 0. The van der Waals surface area contributed by atoms with Gasteiger partial charge in [-0.1, -0.05) is 76.3 Å². The number of pyridine rings is 1. The summed E-state index contributed by atoms with van der Waals surface area (Å²) in [5.74, 6) is 0. The summed E-state index contributed by atoms with van der Waals surface area (Å²) in [7, 11) is 0. The third-order valence-electron chi connectivity index (χ3n) is 4.85. The van der Waals surface area contributed by atoms with Gasteiger partial charge in [0, 0.05) is 5.69 Å². The normalized spacial score (nSPS) is 11.1. The lowest BCUT2D eigenvalue weighted by molar-refractivity contribution is 0.556. The predicted molar refractivity (Wildman–Crippen MR) is 99.0 cm³/mol. The van der Waals surface area contributed by atoms with Crippen LogP contribution in [0.2, 0.25) is 5.15 Å². The number of unbranched alkanes of at least 4 members (excludes halogenated alkanes) is 9. The Balaban J connectivity index is 2.17. The summed E-state index contributed by atoms with van der Waals surface area (Å²) < 4.78 is 0. The maximum atomic E-state index is 6.32. The number of aromatic nitrogens is 1. The summed E-state index contributed by atoms with van der Waals surface area (Å²) >= 11 is 6.32. The van der Waals surface area contributed by atoms with E-state index in [1.54, 1.807) is 0 Å². The van der Waals surface area contributed by atoms with Crippen LogP contribution in [-0.4, -0.2) is 4.98 Å². The van der Waals surface area contributed by atoms with Crippen LogP contribution in [0, 0.1) is 20.8 Å². The van der Waals surface area contributed by atoms with Crippen LogP contribution in [0.3, 0.4) is 0 Å². The largest absolute Gasteiger partial charge is 0.241 e. The molecule has 0 N–H and O–H groups in total. The highest BCUT2D eigenvalue weighted by Gasteiger charge is 2.10. The van der Waals surface area contributed by atoms with Gasteiger partial charge in [-0.05, 0) is 50.3 Å². The Bertz CT molecular complexity index is 440. The van der Waals surface area contributed by atoms with Crippen LogP contribution in [-0.2, 0) is 6.42 Å². The first-order valence-corrected chi connectivity index (χ1v) is 9.57. The van der Waals surface area contributed by atoms with Crippen LogP contribution in [0.25, 0.3) is 0 Å². The van der Waals surface area contributed by atoms with Gasteiger partial charge in [0.05, 0.1) is 0 Å². The average molecular weight is 324 g/mol. The smallest absolute Gasteiger partial charge is 0.132 e. The zero-order valence-corrected chi connectivity index (χ0v) is 15.9. The molecule has 1 aromatic heterocycles. The van der Waals surface area contributed by atoms with Gasteiger partial charge in [0.1, 0.15) is 5.15 Å². The highest BCUT2D eigenvalue weighted by Crippen LogP contribution is 2.24. The number of nitrogens with zero attached hydrogens (tertiary/aromatic N) is 1. The highest BCUT2D eigenvalue weighted by molar-refractivity contribution is 6.30. The molecule has 22 heavy (non-hydrogen) atoms. The van der Waals surface area contributed by atoms with E-state index in [0.717, 1.165) is 17.3 Å². The highest BCUT2D eigenvalue weighted by atomic mass is 35.5. The molecule has 0 atom stereocenters. The van der Waals surface area contributed by atoms with Crippen molar-refractivity contribution in [3.8, 4) is 0 Å². The van der Waals surface area contributed by atoms with Crippen molar-refractivity contribution in [3.63, 3.8) is 0 Å². The van der Waals surface area contributed by atoms with Crippen LogP contribution < -0.4 is 0 Å². The summed E-state index contributed by atoms with van der Waals surface area (Å²) in [4.78, 5) is 4.46. The van der Waals surface area contributed by atoms with E-state index in [2.05, 4.69) is 25.8 Å². The van der Waals surface area contributed by atoms with Gasteiger partial charge in [0.2, 0.25) is 0 Å². The summed E-state index contributed by atoms with van der Waals surface area (Å²) in [6.45, 7) is 8.65. The van der Waals surface area contributed by atoms with E-state index in [1.165, 1.54) is 80.9 Å². The Morgan fingerprint density at radius 3 is 1.77 bits per heavy atom. The molecule has 2 heteroatoms. The molecule has 0 radical (unpaired) electrons.